The number of rotatable bonds is 4. The molecule has 3 N–H and O–H groups in total. The Morgan fingerprint density at radius 1 is 1.03 bits per heavy atom. The molecule has 3 aromatic rings. The van der Waals surface area contributed by atoms with Crippen LogP contribution in [0.3, 0.4) is 0 Å². The highest BCUT2D eigenvalue weighted by molar-refractivity contribution is 5.96. The van der Waals surface area contributed by atoms with E-state index in [4.69, 9.17) is 0 Å². The molecule has 0 aliphatic carbocycles. The Morgan fingerprint density at radius 2 is 1.76 bits per heavy atom. The molecular weight excluding hydrogens is 389 g/mol. The Labute approximate surface area is 162 Å². The number of aromatic hydroxyl groups is 1. The van der Waals surface area contributed by atoms with Gasteiger partial charge in [0.15, 0.2) is 11.4 Å². The molecule has 0 bridgehead atoms. The molecule has 2 aromatic carbocycles. The maximum Gasteiger partial charge on any atom is 0.416 e. The van der Waals surface area contributed by atoms with E-state index in [2.05, 4.69) is 16.0 Å². The Hall–Kier alpha value is -3.82. The highest BCUT2D eigenvalue weighted by Gasteiger charge is 2.30. The first-order chi connectivity index (χ1) is 13.7. The van der Waals surface area contributed by atoms with Gasteiger partial charge in [-0.1, -0.05) is 36.4 Å². The highest BCUT2D eigenvalue weighted by atomic mass is 19.4. The minimum absolute atomic E-state index is 0.128. The fraction of sp³-hybridized carbons (Fsp3) is 0.105. The van der Waals surface area contributed by atoms with Gasteiger partial charge in [-0.15, -0.1) is 0 Å². The second-order valence-corrected chi connectivity index (χ2v) is 6.02. The largest absolute Gasteiger partial charge is 0.504 e. The number of aromatic nitrogens is 2. The van der Waals surface area contributed by atoms with E-state index < -0.39 is 29.3 Å². The van der Waals surface area contributed by atoms with Gasteiger partial charge in [0, 0.05) is 0 Å². The summed E-state index contributed by atoms with van der Waals surface area (Å²) < 4.78 is 39.4. The summed E-state index contributed by atoms with van der Waals surface area (Å²) in [5.41, 5.74) is 3.69. The molecule has 0 radical (unpaired) electrons. The van der Waals surface area contributed by atoms with Crippen molar-refractivity contribution in [3.63, 3.8) is 0 Å². The number of halogens is 3. The second-order valence-electron chi connectivity index (χ2n) is 6.02. The van der Waals surface area contributed by atoms with Crippen LogP contribution in [0.4, 0.5) is 13.2 Å². The number of nitrogens with one attached hydrogen (secondary N) is 2. The van der Waals surface area contributed by atoms with Crippen LogP contribution < -0.4 is 10.9 Å². The Balaban J connectivity index is 1.61. The topological polar surface area (TPSA) is 96.3 Å². The van der Waals surface area contributed by atoms with Gasteiger partial charge in [-0.05, 0) is 23.8 Å². The zero-order valence-corrected chi connectivity index (χ0v) is 14.8. The average Bonchev–Trinajstić information content (AvgIpc) is 3.08. The first kappa shape index (κ1) is 19.9. The minimum Gasteiger partial charge on any atom is -0.504 e. The summed E-state index contributed by atoms with van der Waals surface area (Å²) in [6.45, 7) is 0. The van der Waals surface area contributed by atoms with Crippen LogP contribution >= 0.6 is 0 Å². The summed E-state index contributed by atoms with van der Waals surface area (Å²) in [6.07, 6.45) is -3.67. The molecule has 10 heteroatoms. The van der Waals surface area contributed by atoms with Gasteiger partial charge in [0.1, 0.15) is 0 Å². The van der Waals surface area contributed by atoms with Crippen molar-refractivity contribution >= 4 is 11.8 Å². The lowest BCUT2D eigenvalue weighted by molar-refractivity contribution is -0.137. The molecule has 0 atom stereocenters. The molecule has 0 aliphatic heterocycles. The maximum atomic E-state index is 12.7. The predicted octanol–water partition coefficient (Wildman–Crippen LogP) is 2.60. The smallest absolute Gasteiger partial charge is 0.416 e. The van der Waals surface area contributed by atoms with Crippen molar-refractivity contribution in [3.05, 3.63) is 77.6 Å². The molecule has 0 saturated carbocycles. The molecule has 150 valence electrons. The van der Waals surface area contributed by atoms with Crippen LogP contribution in [-0.4, -0.2) is 26.7 Å². The van der Waals surface area contributed by atoms with Crippen molar-refractivity contribution in [1.29, 1.82) is 0 Å². The molecule has 0 aliphatic rings. The number of hydrogen-bond acceptors (Lipinski definition) is 4. The van der Waals surface area contributed by atoms with E-state index in [0.717, 1.165) is 12.1 Å². The highest BCUT2D eigenvalue weighted by Crippen LogP contribution is 2.29. The molecule has 1 aromatic heterocycles. The summed E-state index contributed by atoms with van der Waals surface area (Å²) in [5, 5.41) is 13.9. The van der Waals surface area contributed by atoms with Crippen molar-refractivity contribution in [1.82, 2.24) is 20.6 Å². The molecule has 0 saturated heterocycles. The monoisotopic (exact) mass is 404 g/mol. The minimum atomic E-state index is -4.52. The van der Waals surface area contributed by atoms with Gasteiger partial charge in [0.25, 0.3) is 5.91 Å². The van der Waals surface area contributed by atoms with Gasteiger partial charge in [0.2, 0.25) is 5.91 Å². The average molecular weight is 404 g/mol. The van der Waals surface area contributed by atoms with Crippen molar-refractivity contribution in [3.8, 4) is 11.4 Å². The van der Waals surface area contributed by atoms with Gasteiger partial charge in [0.05, 0.1) is 23.9 Å². The van der Waals surface area contributed by atoms with E-state index in [9.17, 15) is 27.9 Å². The Morgan fingerprint density at radius 3 is 2.45 bits per heavy atom. The fourth-order valence-corrected chi connectivity index (χ4v) is 2.51. The number of nitrogens with zero attached hydrogens (tertiary/aromatic N) is 2. The first-order valence-corrected chi connectivity index (χ1v) is 8.33. The van der Waals surface area contributed by atoms with Crippen LogP contribution in [0.5, 0.6) is 5.75 Å². The standard InChI is InChI=1S/C19H15F3N4O3/c20-19(21,22)13-6-4-5-12(9-13)10-16(28)23-24-18(29)17-15(27)11-26(25-17)14-7-2-1-3-8-14/h1-9,11,27H,10H2,(H,23,28)(H,24,29). The third kappa shape index (κ3) is 4.92. The van der Waals surface area contributed by atoms with Gasteiger partial charge in [-0.3, -0.25) is 20.4 Å². The normalized spacial score (nSPS) is 11.1. The molecule has 0 fully saturated rings. The number of carbonyl (C=O) groups excluding carboxylic acids is 2. The predicted molar refractivity (Wildman–Crippen MR) is 96.0 cm³/mol. The van der Waals surface area contributed by atoms with E-state index in [1.54, 1.807) is 30.3 Å². The number of carbonyl (C=O) groups is 2. The van der Waals surface area contributed by atoms with Crippen LogP contribution in [0.2, 0.25) is 0 Å². The maximum absolute atomic E-state index is 12.7. The van der Waals surface area contributed by atoms with E-state index in [1.807, 2.05) is 0 Å². The SMILES string of the molecule is O=C(Cc1cccc(C(F)(F)F)c1)NNC(=O)c1nn(-c2ccccc2)cc1O. The van der Waals surface area contributed by atoms with Crippen molar-refractivity contribution in [2.24, 2.45) is 0 Å². The third-order valence-electron chi connectivity index (χ3n) is 3.87. The van der Waals surface area contributed by atoms with Crippen LogP contribution in [-0.2, 0) is 17.4 Å². The van der Waals surface area contributed by atoms with E-state index >= 15 is 0 Å². The number of alkyl halides is 3. The zero-order valence-electron chi connectivity index (χ0n) is 14.8. The molecular formula is C19H15F3N4O3. The third-order valence-corrected chi connectivity index (χ3v) is 3.87. The number of amides is 2. The van der Waals surface area contributed by atoms with Crippen LogP contribution in [0, 0.1) is 0 Å². The number of hydrogen-bond donors (Lipinski definition) is 3. The van der Waals surface area contributed by atoms with Crippen molar-refractivity contribution in [2.45, 2.75) is 12.6 Å². The van der Waals surface area contributed by atoms with Gasteiger partial charge in [-0.2, -0.15) is 18.3 Å². The van der Waals surface area contributed by atoms with Gasteiger partial charge >= 0.3 is 6.18 Å². The number of para-hydroxylation sites is 1. The Bertz CT molecular complexity index is 1030. The first-order valence-electron chi connectivity index (χ1n) is 8.33. The fourth-order valence-electron chi connectivity index (χ4n) is 2.51. The van der Waals surface area contributed by atoms with E-state index in [1.165, 1.54) is 23.0 Å². The van der Waals surface area contributed by atoms with E-state index in [-0.39, 0.29) is 17.7 Å². The molecule has 1 heterocycles. The van der Waals surface area contributed by atoms with Crippen LogP contribution in [0.25, 0.3) is 5.69 Å². The van der Waals surface area contributed by atoms with Crippen LogP contribution in [0.1, 0.15) is 21.6 Å². The van der Waals surface area contributed by atoms with Crippen LogP contribution in [0.15, 0.2) is 60.8 Å². The van der Waals surface area contributed by atoms with Gasteiger partial charge < -0.3 is 5.11 Å². The molecule has 7 nitrogen and oxygen atoms in total. The van der Waals surface area contributed by atoms with E-state index in [0.29, 0.717) is 5.69 Å². The molecule has 0 spiro atoms. The lowest BCUT2D eigenvalue weighted by Crippen LogP contribution is -2.42. The lowest BCUT2D eigenvalue weighted by Gasteiger charge is -2.09. The molecule has 0 unspecified atom stereocenters. The quantitative estimate of drug-likeness (QED) is 0.583. The summed E-state index contributed by atoms with van der Waals surface area (Å²) in [5.74, 6) is -2.02. The lowest BCUT2D eigenvalue weighted by atomic mass is 10.1. The summed E-state index contributed by atoms with van der Waals surface area (Å²) in [6, 6.07) is 13.0. The van der Waals surface area contributed by atoms with Crippen molar-refractivity contribution < 1.29 is 27.9 Å². The Kier molecular flexibility index (Phi) is 5.53. The summed E-state index contributed by atoms with van der Waals surface area (Å²) in [4.78, 5) is 24.1. The number of benzene rings is 2. The zero-order chi connectivity index (χ0) is 21.0. The molecule has 2 amide bonds. The van der Waals surface area contributed by atoms with Crippen molar-refractivity contribution in [2.75, 3.05) is 0 Å². The summed E-state index contributed by atoms with van der Waals surface area (Å²) >= 11 is 0. The van der Waals surface area contributed by atoms with Gasteiger partial charge in [-0.25, -0.2) is 4.68 Å². The second kappa shape index (κ2) is 8.05. The number of hydrazine groups is 1. The molecule has 29 heavy (non-hydrogen) atoms. The summed E-state index contributed by atoms with van der Waals surface area (Å²) in [7, 11) is 0. The molecule has 3 rings (SSSR count).